The van der Waals surface area contributed by atoms with Crippen LogP contribution >= 0.6 is 11.8 Å². The van der Waals surface area contributed by atoms with E-state index in [0.717, 1.165) is 40.4 Å². The van der Waals surface area contributed by atoms with E-state index in [1.807, 2.05) is 53.1 Å². The second-order valence-electron chi connectivity index (χ2n) is 7.79. The number of carbonyl (C=O) groups is 1. The van der Waals surface area contributed by atoms with Crippen LogP contribution in [0.2, 0.25) is 0 Å². The van der Waals surface area contributed by atoms with Crippen LogP contribution in [-0.4, -0.2) is 33.4 Å². The number of carbonyl (C=O) groups excluding carboxylic acids is 1. The Kier molecular flexibility index (Phi) is 4.82. The Morgan fingerprint density at radius 1 is 1.14 bits per heavy atom. The molecule has 5 rings (SSSR count). The van der Waals surface area contributed by atoms with E-state index in [1.54, 1.807) is 11.8 Å². The van der Waals surface area contributed by atoms with Crippen molar-refractivity contribution >= 4 is 23.3 Å². The van der Waals surface area contributed by atoms with Gasteiger partial charge in [0.05, 0.1) is 5.69 Å². The van der Waals surface area contributed by atoms with Crippen molar-refractivity contribution in [3.8, 4) is 0 Å². The third-order valence-electron chi connectivity index (χ3n) is 5.73. The first-order valence-electron chi connectivity index (χ1n) is 9.95. The zero-order valence-electron chi connectivity index (χ0n) is 15.7. The standard InChI is InChI=1S/C22H24N4OS/c27-22(25-18-11-16-6-7-17(12-18)23-16)15-4-8-20(9-5-15)28-14-19-13-26-10-2-1-3-21(26)24-19/h1-5,8-10,13,16-18,23H,6-7,11-12,14H2,(H,25,27). The fraction of sp³-hybridized carbons (Fsp3) is 0.364. The number of nitrogens with zero attached hydrogens (tertiary/aromatic N) is 2. The Hall–Kier alpha value is -2.31. The maximum Gasteiger partial charge on any atom is 0.251 e. The minimum absolute atomic E-state index is 0.0446. The minimum atomic E-state index is 0.0446. The van der Waals surface area contributed by atoms with Crippen molar-refractivity contribution in [3.63, 3.8) is 0 Å². The Bertz CT molecular complexity index is 939. The molecule has 0 radical (unpaired) electrons. The number of piperidine rings is 1. The van der Waals surface area contributed by atoms with Crippen molar-refractivity contribution in [2.45, 2.75) is 54.5 Å². The van der Waals surface area contributed by atoms with Crippen LogP contribution in [0.4, 0.5) is 0 Å². The zero-order chi connectivity index (χ0) is 18.9. The average Bonchev–Trinajstić information content (AvgIpc) is 3.29. The van der Waals surface area contributed by atoms with E-state index in [2.05, 4.69) is 21.8 Å². The van der Waals surface area contributed by atoms with Crippen LogP contribution < -0.4 is 10.6 Å². The van der Waals surface area contributed by atoms with Gasteiger partial charge in [-0.25, -0.2) is 4.98 Å². The summed E-state index contributed by atoms with van der Waals surface area (Å²) in [6.45, 7) is 0. The van der Waals surface area contributed by atoms with Gasteiger partial charge in [0, 0.05) is 46.7 Å². The molecule has 1 amide bonds. The lowest BCUT2D eigenvalue weighted by Gasteiger charge is -2.29. The summed E-state index contributed by atoms with van der Waals surface area (Å²) in [7, 11) is 0. The third-order valence-corrected chi connectivity index (χ3v) is 6.77. The van der Waals surface area contributed by atoms with Gasteiger partial charge < -0.3 is 15.0 Å². The molecular formula is C22H24N4OS. The average molecular weight is 393 g/mol. The van der Waals surface area contributed by atoms with Gasteiger partial charge in [0.15, 0.2) is 0 Å². The van der Waals surface area contributed by atoms with E-state index in [0.29, 0.717) is 18.1 Å². The Morgan fingerprint density at radius 3 is 2.68 bits per heavy atom. The summed E-state index contributed by atoms with van der Waals surface area (Å²) in [6.07, 6.45) is 8.67. The fourth-order valence-corrected chi connectivity index (χ4v) is 5.14. The van der Waals surface area contributed by atoms with Gasteiger partial charge in [-0.1, -0.05) is 6.07 Å². The fourth-order valence-electron chi connectivity index (χ4n) is 4.36. The summed E-state index contributed by atoms with van der Waals surface area (Å²) in [5, 5.41) is 6.85. The normalized spacial score (nSPS) is 23.8. The molecule has 2 saturated heterocycles. The molecule has 28 heavy (non-hydrogen) atoms. The molecule has 0 aliphatic carbocycles. The van der Waals surface area contributed by atoms with Crippen LogP contribution in [0.1, 0.15) is 41.7 Å². The number of thioether (sulfide) groups is 1. The number of rotatable bonds is 5. The second-order valence-corrected chi connectivity index (χ2v) is 8.84. The van der Waals surface area contributed by atoms with E-state index >= 15 is 0 Å². The van der Waals surface area contributed by atoms with Crippen LogP contribution in [-0.2, 0) is 5.75 Å². The number of imidazole rings is 1. The van der Waals surface area contributed by atoms with Crippen LogP contribution in [0, 0.1) is 0 Å². The monoisotopic (exact) mass is 392 g/mol. The second kappa shape index (κ2) is 7.60. The lowest BCUT2D eigenvalue weighted by molar-refractivity contribution is 0.0924. The van der Waals surface area contributed by atoms with Crippen molar-refractivity contribution in [1.29, 1.82) is 0 Å². The van der Waals surface area contributed by atoms with Crippen LogP contribution in [0.3, 0.4) is 0 Å². The van der Waals surface area contributed by atoms with Gasteiger partial charge in [-0.05, 0) is 62.1 Å². The summed E-state index contributed by atoms with van der Waals surface area (Å²) in [4.78, 5) is 18.4. The maximum atomic E-state index is 12.6. The first-order valence-corrected chi connectivity index (χ1v) is 10.9. The van der Waals surface area contributed by atoms with E-state index in [-0.39, 0.29) is 5.91 Å². The van der Waals surface area contributed by atoms with E-state index in [1.165, 1.54) is 12.8 Å². The van der Waals surface area contributed by atoms with Crippen LogP contribution in [0.15, 0.2) is 59.8 Å². The highest BCUT2D eigenvalue weighted by molar-refractivity contribution is 7.98. The largest absolute Gasteiger partial charge is 0.349 e. The van der Waals surface area contributed by atoms with Crippen molar-refractivity contribution in [3.05, 3.63) is 66.1 Å². The van der Waals surface area contributed by atoms with Gasteiger partial charge in [-0.2, -0.15) is 0 Å². The Morgan fingerprint density at radius 2 is 1.93 bits per heavy atom. The van der Waals surface area contributed by atoms with Crippen LogP contribution in [0.5, 0.6) is 0 Å². The molecule has 6 heteroatoms. The smallest absolute Gasteiger partial charge is 0.251 e. The molecule has 2 aliphatic rings. The lowest BCUT2D eigenvalue weighted by atomic mass is 9.99. The van der Waals surface area contributed by atoms with Gasteiger partial charge in [0.25, 0.3) is 5.91 Å². The van der Waals surface area contributed by atoms with E-state index in [4.69, 9.17) is 0 Å². The maximum absolute atomic E-state index is 12.6. The molecule has 2 aliphatic heterocycles. The number of amides is 1. The molecule has 2 bridgehead atoms. The molecule has 2 N–H and O–H groups in total. The van der Waals surface area contributed by atoms with Gasteiger partial charge in [0.1, 0.15) is 5.65 Å². The van der Waals surface area contributed by atoms with Gasteiger partial charge in [-0.3, -0.25) is 4.79 Å². The number of pyridine rings is 1. The Balaban J connectivity index is 1.17. The molecule has 2 aromatic heterocycles. The number of hydrogen-bond donors (Lipinski definition) is 2. The molecule has 4 heterocycles. The predicted octanol–water partition coefficient (Wildman–Crippen LogP) is 3.64. The molecule has 0 spiro atoms. The lowest BCUT2D eigenvalue weighted by Crippen LogP contribution is -2.48. The summed E-state index contributed by atoms with van der Waals surface area (Å²) in [6, 6.07) is 15.4. The highest BCUT2D eigenvalue weighted by atomic mass is 32.2. The Labute approximate surface area is 168 Å². The number of hydrogen-bond acceptors (Lipinski definition) is 4. The number of aromatic nitrogens is 2. The molecule has 2 atom stereocenters. The topological polar surface area (TPSA) is 58.4 Å². The quantitative estimate of drug-likeness (QED) is 0.651. The summed E-state index contributed by atoms with van der Waals surface area (Å²) in [5.74, 6) is 0.855. The van der Waals surface area contributed by atoms with Gasteiger partial charge in [0.2, 0.25) is 0 Å². The summed E-state index contributed by atoms with van der Waals surface area (Å²) >= 11 is 1.74. The number of benzene rings is 1. The zero-order valence-corrected chi connectivity index (χ0v) is 16.5. The number of nitrogens with one attached hydrogen (secondary N) is 2. The van der Waals surface area contributed by atoms with Gasteiger partial charge in [-0.15, -0.1) is 11.8 Å². The van der Waals surface area contributed by atoms with Crippen LogP contribution in [0.25, 0.3) is 5.65 Å². The van der Waals surface area contributed by atoms with Crippen molar-refractivity contribution in [2.75, 3.05) is 0 Å². The van der Waals surface area contributed by atoms with Crippen molar-refractivity contribution in [1.82, 2.24) is 20.0 Å². The first-order chi connectivity index (χ1) is 13.7. The number of fused-ring (bicyclic) bond motifs is 3. The van der Waals surface area contributed by atoms with Crippen molar-refractivity contribution < 1.29 is 4.79 Å². The van der Waals surface area contributed by atoms with Gasteiger partial charge >= 0.3 is 0 Å². The molecule has 2 unspecified atom stereocenters. The van der Waals surface area contributed by atoms with Crippen molar-refractivity contribution in [2.24, 2.45) is 0 Å². The molecule has 1 aromatic carbocycles. The molecular weight excluding hydrogens is 368 g/mol. The third kappa shape index (κ3) is 3.80. The van der Waals surface area contributed by atoms with E-state index < -0.39 is 0 Å². The molecule has 144 valence electrons. The predicted molar refractivity (Wildman–Crippen MR) is 112 cm³/mol. The van der Waals surface area contributed by atoms with E-state index in [9.17, 15) is 4.79 Å². The minimum Gasteiger partial charge on any atom is -0.349 e. The first kappa shape index (κ1) is 17.8. The molecule has 0 saturated carbocycles. The summed E-state index contributed by atoms with van der Waals surface area (Å²) in [5.41, 5.74) is 2.76. The SMILES string of the molecule is O=C(NC1CC2CCC(C1)N2)c1ccc(SCc2cn3ccccc3n2)cc1. The highest BCUT2D eigenvalue weighted by Crippen LogP contribution is 2.27. The summed E-state index contributed by atoms with van der Waals surface area (Å²) < 4.78 is 2.04. The highest BCUT2D eigenvalue weighted by Gasteiger charge is 2.34. The molecule has 3 aromatic rings. The molecule has 5 nitrogen and oxygen atoms in total. The molecule has 2 fully saturated rings.